The van der Waals surface area contributed by atoms with E-state index in [1.54, 1.807) is 11.9 Å². The van der Waals surface area contributed by atoms with Crippen molar-refractivity contribution in [2.75, 3.05) is 11.9 Å². The lowest BCUT2D eigenvalue weighted by Crippen LogP contribution is -2.35. The molecule has 1 atom stereocenters. The first kappa shape index (κ1) is 12.3. The number of carbonyl (C=O) groups is 1. The van der Waals surface area contributed by atoms with E-state index in [4.69, 9.17) is 5.73 Å². The van der Waals surface area contributed by atoms with Crippen LogP contribution in [0.3, 0.4) is 0 Å². The van der Waals surface area contributed by atoms with Crippen molar-refractivity contribution >= 4 is 11.6 Å². The zero-order chi connectivity index (χ0) is 13.0. The van der Waals surface area contributed by atoms with Crippen LogP contribution in [0.4, 0.5) is 5.69 Å². The smallest absolute Gasteiger partial charge is 0.248 e. The lowest BCUT2D eigenvalue weighted by atomic mass is 10.1. The van der Waals surface area contributed by atoms with Crippen molar-refractivity contribution in [3.63, 3.8) is 0 Å². The molecule has 0 saturated heterocycles. The molecule has 3 nitrogen and oxygen atoms in total. The number of hydrogen-bond donors (Lipinski definition) is 1. The van der Waals surface area contributed by atoms with Crippen molar-refractivity contribution in [1.82, 2.24) is 0 Å². The fraction of sp³-hybridized carbons (Fsp3) is 0.133. The Bertz CT molecular complexity index is 463. The van der Waals surface area contributed by atoms with E-state index in [1.807, 2.05) is 60.7 Å². The quantitative estimate of drug-likeness (QED) is 0.895. The van der Waals surface area contributed by atoms with Crippen molar-refractivity contribution in [2.45, 2.75) is 6.04 Å². The highest BCUT2D eigenvalue weighted by Gasteiger charge is 2.20. The van der Waals surface area contributed by atoms with E-state index in [2.05, 4.69) is 0 Å². The Balaban J connectivity index is 2.17. The van der Waals surface area contributed by atoms with Gasteiger partial charge >= 0.3 is 0 Å². The first-order valence-corrected chi connectivity index (χ1v) is 5.83. The molecule has 0 bridgehead atoms. The molecule has 1 amide bonds. The minimum Gasteiger partial charge on any atom is -0.316 e. The Hall–Kier alpha value is -2.13. The summed E-state index contributed by atoms with van der Waals surface area (Å²) in [5.41, 5.74) is 7.65. The van der Waals surface area contributed by atoms with Crippen LogP contribution < -0.4 is 10.6 Å². The van der Waals surface area contributed by atoms with Gasteiger partial charge in [0.2, 0.25) is 5.91 Å². The number of amides is 1. The third kappa shape index (κ3) is 2.57. The molecule has 0 aliphatic heterocycles. The van der Waals surface area contributed by atoms with Crippen LogP contribution in [-0.2, 0) is 4.79 Å². The van der Waals surface area contributed by atoms with E-state index in [1.165, 1.54) is 0 Å². The molecular weight excluding hydrogens is 224 g/mol. The van der Waals surface area contributed by atoms with E-state index in [9.17, 15) is 4.79 Å². The van der Waals surface area contributed by atoms with Crippen molar-refractivity contribution in [2.24, 2.45) is 5.73 Å². The average Bonchev–Trinajstić information content (AvgIpc) is 2.47. The van der Waals surface area contributed by atoms with Gasteiger partial charge in [-0.2, -0.15) is 0 Å². The summed E-state index contributed by atoms with van der Waals surface area (Å²) < 4.78 is 0. The predicted octanol–water partition coefficient (Wildman–Crippen LogP) is 2.35. The molecule has 0 saturated carbocycles. The highest BCUT2D eigenvalue weighted by atomic mass is 16.2. The molecule has 0 aromatic heterocycles. The van der Waals surface area contributed by atoms with E-state index < -0.39 is 6.04 Å². The maximum absolute atomic E-state index is 12.2. The van der Waals surface area contributed by atoms with Gasteiger partial charge < -0.3 is 10.6 Å². The Morgan fingerprint density at radius 2 is 1.50 bits per heavy atom. The first-order valence-electron chi connectivity index (χ1n) is 5.83. The van der Waals surface area contributed by atoms with Gasteiger partial charge in [-0.3, -0.25) is 4.79 Å². The third-order valence-corrected chi connectivity index (χ3v) is 2.90. The van der Waals surface area contributed by atoms with Crippen LogP contribution in [0.5, 0.6) is 0 Å². The fourth-order valence-electron chi connectivity index (χ4n) is 1.79. The highest BCUT2D eigenvalue weighted by Crippen LogP contribution is 2.17. The summed E-state index contributed by atoms with van der Waals surface area (Å²) in [4.78, 5) is 13.8. The Labute approximate surface area is 107 Å². The minimum absolute atomic E-state index is 0.118. The number of rotatable bonds is 3. The molecule has 0 spiro atoms. The zero-order valence-corrected chi connectivity index (χ0v) is 10.3. The van der Waals surface area contributed by atoms with Gasteiger partial charge in [0.15, 0.2) is 0 Å². The summed E-state index contributed by atoms with van der Waals surface area (Å²) >= 11 is 0. The molecule has 0 aliphatic rings. The summed E-state index contributed by atoms with van der Waals surface area (Å²) in [7, 11) is 1.74. The SMILES string of the molecule is CN(C(=O)[C@H](N)c1ccccc1)c1ccccc1. The molecule has 3 heteroatoms. The number of hydrogen-bond acceptors (Lipinski definition) is 2. The first-order chi connectivity index (χ1) is 8.70. The van der Waals surface area contributed by atoms with E-state index in [0.717, 1.165) is 11.3 Å². The van der Waals surface area contributed by atoms with Crippen LogP contribution in [0, 0.1) is 0 Å². The number of carbonyl (C=O) groups excluding carboxylic acids is 1. The van der Waals surface area contributed by atoms with Gasteiger partial charge in [0.25, 0.3) is 0 Å². The summed E-state index contributed by atoms with van der Waals surface area (Å²) in [6.45, 7) is 0. The molecule has 2 rings (SSSR count). The lowest BCUT2D eigenvalue weighted by molar-refractivity contribution is -0.119. The normalized spacial score (nSPS) is 11.9. The zero-order valence-electron chi connectivity index (χ0n) is 10.3. The lowest BCUT2D eigenvalue weighted by Gasteiger charge is -2.21. The molecule has 0 aliphatic carbocycles. The molecule has 0 radical (unpaired) electrons. The predicted molar refractivity (Wildman–Crippen MR) is 73.2 cm³/mol. The fourth-order valence-corrected chi connectivity index (χ4v) is 1.79. The van der Waals surface area contributed by atoms with Crippen LogP contribution in [0.1, 0.15) is 11.6 Å². The number of nitrogens with two attached hydrogens (primary N) is 1. The second-order valence-corrected chi connectivity index (χ2v) is 4.12. The van der Waals surface area contributed by atoms with Crippen LogP contribution in [-0.4, -0.2) is 13.0 Å². The molecule has 0 unspecified atom stereocenters. The molecule has 2 aromatic carbocycles. The largest absolute Gasteiger partial charge is 0.316 e. The van der Waals surface area contributed by atoms with Crippen molar-refractivity contribution in [3.05, 3.63) is 66.2 Å². The molecule has 18 heavy (non-hydrogen) atoms. The van der Waals surface area contributed by atoms with Crippen molar-refractivity contribution < 1.29 is 4.79 Å². The topological polar surface area (TPSA) is 46.3 Å². The molecular formula is C15H16N2O. The number of nitrogens with zero attached hydrogens (tertiary/aromatic N) is 1. The van der Waals surface area contributed by atoms with E-state index in [0.29, 0.717) is 0 Å². The number of likely N-dealkylation sites (N-methyl/N-ethyl adjacent to an activating group) is 1. The summed E-state index contributed by atoms with van der Waals surface area (Å²) in [5, 5.41) is 0. The van der Waals surface area contributed by atoms with Gasteiger partial charge in [-0.05, 0) is 17.7 Å². The molecule has 92 valence electrons. The second-order valence-electron chi connectivity index (χ2n) is 4.12. The van der Waals surface area contributed by atoms with Gasteiger partial charge in [0.1, 0.15) is 6.04 Å². The van der Waals surface area contributed by atoms with Gasteiger partial charge in [0.05, 0.1) is 0 Å². The maximum atomic E-state index is 12.2. The van der Waals surface area contributed by atoms with Gasteiger partial charge in [-0.1, -0.05) is 48.5 Å². The van der Waals surface area contributed by atoms with Crippen LogP contribution in [0.25, 0.3) is 0 Å². The van der Waals surface area contributed by atoms with E-state index >= 15 is 0 Å². The number of benzene rings is 2. The monoisotopic (exact) mass is 240 g/mol. The summed E-state index contributed by atoms with van der Waals surface area (Å²) in [5.74, 6) is -0.118. The molecule has 0 fully saturated rings. The van der Waals surface area contributed by atoms with Crippen LogP contribution in [0.15, 0.2) is 60.7 Å². The molecule has 2 aromatic rings. The Morgan fingerprint density at radius 1 is 1.00 bits per heavy atom. The van der Waals surface area contributed by atoms with Crippen LogP contribution in [0.2, 0.25) is 0 Å². The van der Waals surface area contributed by atoms with Crippen molar-refractivity contribution in [1.29, 1.82) is 0 Å². The number of para-hydroxylation sites is 1. The minimum atomic E-state index is -0.628. The van der Waals surface area contributed by atoms with E-state index in [-0.39, 0.29) is 5.91 Å². The summed E-state index contributed by atoms with van der Waals surface area (Å²) in [6.07, 6.45) is 0. The molecule has 2 N–H and O–H groups in total. The number of anilines is 1. The highest BCUT2D eigenvalue weighted by molar-refractivity contribution is 5.97. The van der Waals surface area contributed by atoms with Gasteiger partial charge in [-0.15, -0.1) is 0 Å². The Kier molecular flexibility index (Phi) is 3.75. The van der Waals surface area contributed by atoms with Crippen LogP contribution >= 0.6 is 0 Å². The van der Waals surface area contributed by atoms with Gasteiger partial charge in [0, 0.05) is 12.7 Å². The Morgan fingerprint density at radius 3 is 2.06 bits per heavy atom. The standard InChI is InChI=1S/C15H16N2O/c1-17(13-10-6-3-7-11-13)15(18)14(16)12-8-4-2-5-9-12/h2-11,14H,16H2,1H3/t14-/m1/s1. The third-order valence-electron chi connectivity index (χ3n) is 2.90. The molecule has 0 heterocycles. The second kappa shape index (κ2) is 5.47. The maximum Gasteiger partial charge on any atom is 0.248 e. The van der Waals surface area contributed by atoms with Crippen molar-refractivity contribution in [3.8, 4) is 0 Å². The van der Waals surface area contributed by atoms with Gasteiger partial charge in [-0.25, -0.2) is 0 Å². The summed E-state index contributed by atoms with van der Waals surface area (Å²) in [6, 6.07) is 18.2. The average molecular weight is 240 g/mol.